The van der Waals surface area contributed by atoms with E-state index >= 15 is 0 Å². The SMILES string of the molecule is COCCC(C)NCc1ccc2ccc(F)c(F)c2n1. The number of ether oxygens (including phenoxy) is 1. The van der Waals surface area contributed by atoms with Crippen LogP contribution in [-0.2, 0) is 11.3 Å². The average Bonchev–Trinajstić information content (AvgIpc) is 2.47. The van der Waals surface area contributed by atoms with Crippen LogP contribution in [0.15, 0.2) is 24.3 Å². The number of halogens is 2. The number of nitrogens with one attached hydrogen (secondary N) is 1. The molecule has 0 spiro atoms. The van der Waals surface area contributed by atoms with Crippen LogP contribution in [0.1, 0.15) is 19.0 Å². The van der Waals surface area contributed by atoms with E-state index in [2.05, 4.69) is 10.3 Å². The maximum absolute atomic E-state index is 13.7. The molecule has 108 valence electrons. The van der Waals surface area contributed by atoms with Gasteiger partial charge in [-0.05, 0) is 31.5 Å². The molecule has 0 radical (unpaired) electrons. The third-order valence-corrected chi connectivity index (χ3v) is 3.20. The molecule has 0 fully saturated rings. The number of benzene rings is 1. The molecule has 3 nitrogen and oxygen atoms in total. The third kappa shape index (κ3) is 3.49. The van der Waals surface area contributed by atoms with Crippen molar-refractivity contribution in [2.45, 2.75) is 25.9 Å². The fourth-order valence-corrected chi connectivity index (χ4v) is 1.94. The van der Waals surface area contributed by atoms with Gasteiger partial charge in [-0.15, -0.1) is 0 Å². The molecule has 0 saturated heterocycles. The average molecular weight is 280 g/mol. The van der Waals surface area contributed by atoms with Gasteiger partial charge in [-0.2, -0.15) is 0 Å². The predicted octanol–water partition coefficient (Wildman–Crippen LogP) is 3.03. The second-order valence-corrected chi connectivity index (χ2v) is 4.80. The predicted molar refractivity (Wildman–Crippen MR) is 74.5 cm³/mol. The molecule has 20 heavy (non-hydrogen) atoms. The topological polar surface area (TPSA) is 34.1 Å². The van der Waals surface area contributed by atoms with Gasteiger partial charge in [-0.25, -0.2) is 13.8 Å². The van der Waals surface area contributed by atoms with E-state index in [0.29, 0.717) is 24.2 Å². The molecule has 2 rings (SSSR count). The minimum atomic E-state index is -0.892. The summed E-state index contributed by atoms with van der Waals surface area (Å²) in [4.78, 5) is 4.18. The minimum Gasteiger partial charge on any atom is -0.385 e. The van der Waals surface area contributed by atoms with Gasteiger partial charge in [0.25, 0.3) is 0 Å². The van der Waals surface area contributed by atoms with Gasteiger partial charge in [-0.1, -0.05) is 6.07 Å². The first kappa shape index (κ1) is 14.8. The summed E-state index contributed by atoms with van der Waals surface area (Å²) >= 11 is 0. The fourth-order valence-electron chi connectivity index (χ4n) is 1.94. The van der Waals surface area contributed by atoms with Gasteiger partial charge in [0.1, 0.15) is 5.52 Å². The van der Waals surface area contributed by atoms with Gasteiger partial charge >= 0.3 is 0 Å². The van der Waals surface area contributed by atoms with Gasteiger partial charge in [0, 0.05) is 31.7 Å². The van der Waals surface area contributed by atoms with Crippen molar-refractivity contribution in [2.75, 3.05) is 13.7 Å². The van der Waals surface area contributed by atoms with E-state index in [1.807, 2.05) is 13.0 Å². The second-order valence-electron chi connectivity index (χ2n) is 4.80. The maximum atomic E-state index is 13.7. The molecule has 0 aliphatic heterocycles. The second kappa shape index (κ2) is 6.72. The number of nitrogens with zero attached hydrogens (tertiary/aromatic N) is 1. The van der Waals surface area contributed by atoms with Crippen LogP contribution in [-0.4, -0.2) is 24.7 Å². The number of aromatic nitrogens is 1. The Hall–Kier alpha value is -1.59. The summed E-state index contributed by atoms with van der Waals surface area (Å²) in [7, 11) is 1.66. The summed E-state index contributed by atoms with van der Waals surface area (Å²) in [5.74, 6) is -1.76. The molecule has 1 N–H and O–H groups in total. The molecule has 0 bridgehead atoms. The van der Waals surface area contributed by atoms with Crippen molar-refractivity contribution in [1.82, 2.24) is 10.3 Å². The van der Waals surface area contributed by atoms with Crippen LogP contribution >= 0.6 is 0 Å². The lowest BCUT2D eigenvalue weighted by Gasteiger charge is -2.13. The zero-order valence-electron chi connectivity index (χ0n) is 11.6. The Morgan fingerprint density at radius 1 is 1.25 bits per heavy atom. The molecule has 0 aliphatic carbocycles. The number of pyridine rings is 1. The van der Waals surface area contributed by atoms with E-state index in [-0.39, 0.29) is 11.6 Å². The lowest BCUT2D eigenvalue weighted by molar-refractivity contribution is 0.184. The monoisotopic (exact) mass is 280 g/mol. The van der Waals surface area contributed by atoms with Crippen LogP contribution in [0, 0.1) is 11.6 Å². The number of methoxy groups -OCH3 is 1. The molecule has 2 aromatic rings. The first-order valence-electron chi connectivity index (χ1n) is 6.57. The van der Waals surface area contributed by atoms with Gasteiger partial charge < -0.3 is 10.1 Å². The van der Waals surface area contributed by atoms with Crippen LogP contribution in [0.4, 0.5) is 8.78 Å². The van der Waals surface area contributed by atoms with Crippen LogP contribution in [0.5, 0.6) is 0 Å². The van der Waals surface area contributed by atoms with Gasteiger partial charge in [0.05, 0.1) is 5.69 Å². The molecule has 1 aromatic heterocycles. The largest absolute Gasteiger partial charge is 0.385 e. The van der Waals surface area contributed by atoms with Crippen molar-refractivity contribution in [3.63, 3.8) is 0 Å². The molecule has 1 unspecified atom stereocenters. The summed E-state index contributed by atoms with van der Waals surface area (Å²) in [5.41, 5.74) is 0.764. The standard InChI is InChI=1S/C15H18F2N2O/c1-10(7-8-20-2)18-9-12-5-3-11-4-6-13(16)14(17)15(11)19-12/h3-6,10,18H,7-9H2,1-2H3. The number of hydrogen-bond acceptors (Lipinski definition) is 3. The zero-order valence-corrected chi connectivity index (χ0v) is 11.6. The quantitative estimate of drug-likeness (QED) is 0.883. The van der Waals surface area contributed by atoms with Gasteiger partial charge in [-0.3, -0.25) is 0 Å². The highest BCUT2D eigenvalue weighted by molar-refractivity contribution is 5.79. The molecule has 1 aromatic carbocycles. The Bertz CT molecular complexity index is 589. The third-order valence-electron chi connectivity index (χ3n) is 3.20. The normalized spacial score (nSPS) is 12.8. The molecular formula is C15H18F2N2O. The van der Waals surface area contributed by atoms with E-state index in [1.165, 1.54) is 6.07 Å². The summed E-state index contributed by atoms with van der Waals surface area (Å²) < 4.78 is 31.9. The molecule has 0 amide bonds. The lowest BCUT2D eigenvalue weighted by atomic mass is 10.2. The van der Waals surface area contributed by atoms with Gasteiger partial charge in [0.2, 0.25) is 0 Å². The minimum absolute atomic E-state index is 0.0776. The smallest absolute Gasteiger partial charge is 0.184 e. The molecule has 1 heterocycles. The van der Waals surface area contributed by atoms with Crippen LogP contribution in [0.3, 0.4) is 0 Å². The van der Waals surface area contributed by atoms with E-state index < -0.39 is 11.6 Å². The van der Waals surface area contributed by atoms with Crippen molar-refractivity contribution in [3.05, 3.63) is 41.6 Å². The van der Waals surface area contributed by atoms with Crippen molar-refractivity contribution >= 4 is 10.9 Å². The fraction of sp³-hybridized carbons (Fsp3) is 0.400. The molecule has 0 aliphatic rings. The first-order valence-corrected chi connectivity index (χ1v) is 6.57. The first-order chi connectivity index (χ1) is 9.61. The molecule has 1 atom stereocenters. The van der Waals surface area contributed by atoms with E-state index in [1.54, 1.807) is 13.2 Å². The summed E-state index contributed by atoms with van der Waals surface area (Å²) in [6.07, 6.45) is 0.882. The van der Waals surface area contributed by atoms with Crippen LogP contribution < -0.4 is 5.32 Å². The van der Waals surface area contributed by atoms with E-state index in [9.17, 15) is 8.78 Å². The highest BCUT2D eigenvalue weighted by Gasteiger charge is 2.09. The number of hydrogen-bond donors (Lipinski definition) is 1. The van der Waals surface area contributed by atoms with Crippen molar-refractivity contribution in [1.29, 1.82) is 0 Å². The number of rotatable bonds is 6. The Morgan fingerprint density at radius 2 is 2.00 bits per heavy atom. The highest BCUT2D eigenvalue weighted by Crippen LogP contribution is 2.18. The Kier molecular flexibility index (Phi) is 4.98. The summed E-state index contributed by atoms with van der Waals surface area (Å²) in [6, 6.07) is 6.48. The Morgan fingerprint density at radius 3 is 2.75 bits per heavy atom. The summed E-state index contributed by atoms with van der Waals surface area (Å²) in [6.45, 7) is 3.23. The maximum Gasteiger partial charge on any atom is 0.184 e. The molecule has 5 heteroatoms. The highest BCUT2D eigenvalue weighted by atomic mass is 19.2. The van der Waals surface area contributed by atoms with Crippen LogP contribution in [0.25, 0.3) is 10.9 Å². The Balaban J connectivity index is 2.09. The van der Waals surface area contributed by atoms with Gasteiger partial charge in [0.15, 0.2) is 11.6 Å². The van der Waals surface area contributed by atoms with E-state index in [4.69, 9.17) is 4.74 Å². The van der Waals surface area contributed by atoms with E-state index in [0.717, 1.165) is 12.5 Å². The van der Waals surface area contributed by atoms with Crippen molar-refractivity contribution in [2.24, 2.45) is 0 Å². The summed E-state index contributed by atoms with van der Waals surface area (Å²) in [5, 5.41) is 3.87. The number of fused-ring (bicyclic) bond motifs is 1. The lowest BCUT2D eigenvalue weighted by Crippen LogP contribution is -2.27. The van der Waals surface area contributed by atoms with Crippen molar-refractivity contribution in [3.8, 4) is 0 Å². The van der Waals surface area contributed by atoms with Crippen molar-refractivity contribution < 1.29 is 13.5 Å². The molecule has 0 saturated carbocycles. The zero-order chi connectivity index (χ0) is 14.5. The molecular weight excluding hydrogens is 262 g/mol. The van der Waals surface area contributed by atoms with Crippen LogP contribution in [0.2, 0.25) is 0 Å². The Labute approximate surface area is 117 Å².